The molecule has 0 saturated heterocycles. The number of amides is 2. The van der Waals surface area contributed by atoms with Crippen LogP contribution in [0.1, 0.15) is 55.4 Å². The van der Waals surface area contributed by atoms with Gasteiger partial charge >= 0.3 is 6.03 Å². The van der Waals surface area contributed by atoms with Crippen molar-refractivity contribution in [2.24, 2.45) is 0 Å². The second-order valence-corrected chi connectivity index (χ2v) is 7.68. The maximum Gasteiger partial charge on any atom is 0.315 e. The summed E-state index contributed by atoms with van der Waals surface area (Å²) in [4.78, 5) is 11.8. The monoisotopic (exact) mass is 286 g/mol. The molecule has 0 aromatic heterocycles. The Bertz CT molecular complexity index is 291. The van der Waals surface area contributed by atoms with Crippen molar-refractivity contribution in [3.8, 4) is 0 Å². The molecule has 0 heterocycles. The van der Waals surface area contributed by atoms with Crippen LogP contribution in [0.5, 0.6) is 0 Å². The third-order valence-corrected chi connectivity index (χ3v) is 2.56. The smallest absolute Gasteiger partial charge is 0.315 e. The van der Waals surface area contributed by atoms with Crippen LogP contribution in [-0.2, 0) is 0 Å². The van der Waals surface area contributed by atoms with Crippen molar-refractivity contribution in [2.45, 2.75) is 78.6 Å². The molecule has 0 spiro atoms. The van der Waals surface area contributed by atoms with Crippen molar-refractivity contribution < 1.29 is 4.79 Å². The van der Waals surface area contributed by atoms with Gasteiger partial charge < -0.3 is 21.3 Å². The van der Waals surface area contributed by atoms with Gasteiger partial charge in [0, 0.05) is 36.3 Å². The van der Waals surface area contributed by atoms with E-state index in [0.29, 0.717) is 6.54 Å². The minimum absolute atomic E-state index is 0.0570. The first-order chi connectivity index (χ1) is 8.89. The fourth-order valence-corrected chi connectivity index (χ4v) is 1.82. The molecule has 0 unspecified atom stereocenters. The molecule has 0 saturated carbocycles. The second-order valence-electron chi connectivity index (χ2n) is 7.68. The molecule has 4 N–H and O–H groups in total. The van der Waals surface area contributed by atoms with Gasteiger partial charge in [-0.3, -0.25) is 0 Å². The maximum atomic E-state index is 11.8. The summed E-state index contributed by atoms with van der Waals surface area (Å²) in [5.74, 6) is 0. The second kappa shape index (κ2) is 7.84. The standard InChI is InChI=1S/C15H34N4O/c1-11(10-17-14(3,4)5)18-13(20)16-9-12(2)19-15(6,7)8/h11-12,17,19H,9-10H2,1-8H3,(H2,16,18,20)/t11-,12-/m1/s1. The predicted octanol–water partition coefficient (Wildman–Crippen LogP) is 1.84. The topological polar surface area (TPSA) is 65.2 Å². The Morgan fingerprint density at radius 2 is 1.45 bits per heavy atom. The Morgan fingerprint density at radius 1 is 0.900 bits per heavy atom. The number of carbonyl (C=O) groups is 1. The van der Waals surface area contributed by atoms with E-state index in [0.717, 1.165) is 6.54 Å². The molecule has 0 aliphatic rings. The van der Waals surface area contributed by atoms with Crippen molar-refractivity contribution >= 4 is 6.03 Å². The zero-order valence-corrected chi connectivity index (χ0v) is 14.5. The number of nitrogens with one attached hydrogen (secondary N) is 4. The third-order valence-electron chi connectivity index (χ3n) is 2.56. The maximum absolute atomic E-state index is 11.8. The van der Waals surface area contributed by atoms with Crippen molar-refractivity contribution in [3.05, 3.63) is 0 Å². The molecule has 5 heteroatoms. The summed E-state index contributed by atoms with van der Waals surface area (Å²) < 4.78 is 0. The van der Waals surface area contributed by atoms with Gasteiger partial charge in [-0.05, 0) is 55.4 Å². The summed E-state index contributed by atoms with van der Waals surface area (Å²) in [5.41, 5.74) is 0.124. The van der Waals surface area contributed by atoms with E-state index in [2.05, 4.69) is 69.7 Å². The number of hydrogen-bond acceptors (Lipinski definition) is 3. The normalized spacial score (nSPS) is 15.6. The van der Waals surface area contributed by atoms with Crippen LogP contribution in [0.4, 0.5) is 4.79 Å². The number of carbonyl (C=O) groups excluding carboxylic acids is 1. The lowest BCUT2D eigenvalue weighted by atomic mass is 10.1. The highest BCUT2D eigenvalue weighted by Gasteiger charge is 2.15. The van der Waals surface area contributed by atoms with Gasteiger partial charge in [0.1, 0.15) is 0 Å². The van der Waals surface area contributed by atoms with Gasteiger partial charge in [0.25, 0.3) is 0 Å². The molecule has 0 radical (unpaired) electrons. The predicted molar refractivity (Wildman–Crippen MR) is 86.1 cm³/mol. The minimum atomic E-state index is -0.115. The molecule has 120 valence electrons. The van der Waals surface area contributed by atoms with Crippen molar-refractivity contribution in [3.63, 3.8) is 0 Å². The largest absolute Gasteiger partial charge is 0.337 e. The number of rotatable bonds is 6. The van der Waals surface area contributed by atoms with Crippen LogP contribution >= 0.6 is 0 Å². The lowest BCUT2D eigenvalue weighted by Crippen LogP contribution is -2.52. The molecule has 0 aliphatic heterocycles. The third kappa shape index (κ3) is 12.2. The van der Waals surface area contributed by atoms with Crippen LogP contribution < -0.4 is 21.3 Å². The van der Waals surface area contributed by atoms with E-state index >= 15 is 0 Å². The first-order valence-corrected chi connectivity index (χ1v) is 7.46. The zero-order chi connectivity index (χ0) is 16.0. The lowest BCUT2D eigenvalue weighted by Gasteiger charge is -2.27. The van der Waals surface area contributed by atoms with Crippen molar-refractivity contribution in [2.75, 3.05) is 13.1 Å². The Labute approximate surface area is 124 Å². The fraction of sp³-hybridized carbons (Fsp3) is 0.933. The number of hydrogen-bond donors (Lipinski definition) is 4. The Hall–Kier alpha value is -0.810. The van der Waals surface area contributed by atoms with Gasteiger partial charge in [-0.1, -0.05) is 0 Å². The molecule has 0 bridgehead atoms. The Kier molecular flexibility index (Phi) is 7.52. The molecule has 0 aromatic rings. The molecule has 20 heavy (non-hydrogen) atoms. The van der Waals surface area contributed by atoms with Gasteiger partial charge in [0.05, 0.1) is 0 Å². The van der Waals surface area contributed by atoms with Gasteiger partial charge in [0.15, 0.2) is 0 Å². The van der Waals surface area contributed by atoms with Crippen LogP contribution in [-0.4, -0.2) is 42.3 Å². The molecular formula is C15H34N4O. The minimum Gasteiger partial charge on any atom is -0.337 e. The highest BCUT2D eigenvalue weighted by atomic mass is 16.2. The van der Waals surface area contributed by atoms with Crippen LogP contribution in [0.2, 0.25) is 0 Å². The van der Waals surface area contributed by atoms with Gasteiger partial charge in [0.2, 0.25) is 0 Å². The SMILES string of the molecule is C[C@H](CNC(C)(C)C)NC(=O)NC[C@@H](C)NC(C)(C)C. The Balaban J connectivity index is 3.88. The van der Waals surface area contributed by atoms with Gasteiger partial charge in [-0.25, -0.2) is 4.79 Å². The Morgan fingerprint density at radius 3 is 1.90 bits per heavy atom. The molecule has 0 fully saturated rings. The van der Waals surface area contributed by atoms with E-state index in [1.807, 2.05) is 6.92 Å². The van der Waals surface area contributed by atoms with E-state index in [9.17, 15) is 4.79 Å². The first-order valence-electron chi connectivity index (χ1n) is 7.46. The highest BCUT2D eigenvalue weighted by Crippen LogP contribution is 2.00. The first kappa shape index (κ1) is 19.2. The molecule has 2 atom stereocenters. The van der Waals surface area contributed by atoms with Crippen LogP contribution in [0.15, 0.2) is 0 Å². The molecule has 0 rings (SSSR count). The summed E-state index contributed by atoms with van der Waals surface area (Å²) in [6, 6.07) is 0.222. The number of urea groups is 1. The summed E-state index contributed by atoms with van der Waals surface area (Å²) in [7, 11) is 0. The molecule has 2 amide bonds. The molecular weight excluding hydrogens is 252 g/mol. The molecule has 0 aliphatic carbocycles. The van der Waals surface area contributed by atoms with E-state index in [1.54, 1.807) is 0 Å². The zero-order valence-electron chi connectivity index (χ0n) is 14.5. The van der Waals surface area contributed by atoms with Crippen LogP contribution in [0, 0.1) is 0 Å². The summed E-state index contributed by atoms with van der Waals surface area (Å²) >= 11 is 0. The van der Waals surface area contributed by atoms with Crippen molar-refractivity contribution in [1.29, 1.82) is 0 Å². The van der Waals surface area contributed by atoms with Crippen LogP contribution in [0.25, 0.3) is 0 Å². The summed E-state index contributed by atoms with van der Waals surface area (Å²) in [5, 5.41) is 12.6. The van der Waals surface area contributed by atoms with Gasteiger partial charge in [-0.2, -0.15) is 0 Å². The van der Waals surface area contributed by atoms with Gasteiger partial charge in [-0.15, -0.1) is 0 Å². The van der Waals surface area contributed by atoms with E-state index < -0.39 is 0 Å². The molecule has 0 aromatic carbocycles. The fourth-order valence-electron chi connectivity index (χ4n) is 1.82. The highest BCUT2D eigenvalue weighted by molar-refractivity contribution is 5.74. The lowest BCUT2D eigenvalue weighted by molar-refractivity contribution is 0.234. The average Bonchev–Trinajstić information content (AvgIpc) is 2.20. The van der Waals surface area contributed by atoms with Crippen LogP contribution in [0.3, 0.4) is 0 Å². The summed E-state index contributed by atoms with van der Waals surface area (Å²) in [6.45, 7) is 18.1. The van der Waals surface area contributed by atoms with E-state index in [1.165, 1.54) is 0 Å². The van der Waals surface area contributed by atoms with E-state index in [-0.39, 0.29) is 29.2 Å². The quantitative estimate of drug-likeness (QED) is 0.602. The average molecular weight is 286 g/mol. The van der Waals surface area contributed by atoms with E-state index in [4.69, 9.17) is 0 Å². The summed E-state index contributed by atoms with van der Waals surface area (Å²) in [6.07, 6.45) is 0. The van der Waals surface area contributed by atoms with Crippen molar-refractivity contribution in [1.82, 2.24) is 21.3 Å². The molecule has 5 nitrogen and oxygen atoms in total.